The molecule has 0 saturated carbocycles. The van der Waals surface area contributed by atoms with Crippen LogP contribution < -0.4 is 21.7 Å². The molecule has 1 amide bonds. The van der Waals surface area contributed by atoms with Crippen molar-refractivity contribution in [1.82, 2.24) is 4.98 Å². The molecule has 1 saturated heterocycles. The molecule has 0 spiro atoms. The summed E-state index contributed by atoms with van der Waals surface area (Å²) in [7, 11) is 0. The average molecular weight is 472 g/mol. The predicted molar refractivity (Wildman–Crippen MR) is 135 cm³/mol. The van der Waals surface area contributed by atoms with E-state index in [9.17, 15) is 15.3 Å². The minimum Gasteiger partial charge on any atom is -0.404 e. The number of amides is 1. The van der Waals surface area contributed by atoms with Gasteiger partial charge in [-0.2, -0.15) is 10.5 Å². The second-order valence-corrected chi connectivity index (χ2v) is 8.75. The molecular weight excluding hydrogens is 442 g/mol. The molecule has 1 aliphatic rings. The van der Waals surface area contributed by atoms with E-state index in [2.05, 4.69) is 22.4 Å². The van der Waals surface area contributed by atoms with E-state index in [4.69, 9.17) is 16.2 Å². The maximum absolute atomic E-state index is 12.8. The molecule has 1 aromatic carbocycles. The summed E-state index contributed by atoms with van der Waals surface area (Å²) in [6, 6.07) is 11.6. The first kappa shape index (κ1) is 25.3. The highest BCUT2D eigenvalue weighted by atomic mass is 16.5. The number of carbonyl (C=O) groups is 1. The number of hydrogen-bond donors (Lipinski definition) is 3. The van der Waals surface area contributed by atoms with Crippen LogP contribution in [0.25, 0.3) is 11.1 Å². The first-order chi connectivity index (χ1) is 16.7. The molecule has 5 N–H and O–H groups in total. The third-order valence-electron chi connectivity index (χ3n) is 5.86. The van der Waals surface area contributed by atoms with Crippen molar-refractivity contribution in [2.75, 3.05) is 36.5 Å². The van der Waals surface area contributed by atoms with Crippen molar-refractivity contribution in [3.8, 4) is 23.3 Å². The van der Waals surface area contributed by atoms with Crippen LogP contribution in [-0.4, -0.2) is 37.2 Å². The largest absolute Gasteiger partial charge is 0.404 e. The SMILES string of the molecule is Cc1ccc(NC(=O)C(/C=C(\N)C(C)(C)C#N)=C/N)cc1-c1cnc(N2CCOCC2)c(C#N)c1. The van der Waals surface area contributed by atoms with Crippen LogP contribution in [0.1, 0.15) is 25.0 Å². The number of rotatable bonds is 6. The number of benzene rings is 1. The molecule has 0 unspecified atom stereocenters. The zero-order valence-electron chi connectivity index (χ0n) is 20.1. The highest BCUT2D eigenvalue weighted by molar-refractivity contribution is 6.06. The third-order valence-corrected chi connectivity index (χ3v) is 5.86. The van der Waals surface area contributed by atoms with E-state index in [0.717, 1.165) is 22.9 Å². The zero-order chi connectivity index (χ0) is 25.6. The Kier molecular flexibility index (Phi) is 7.75. The van der Waals surface area contributed by atoms with Gasteiger partial charge in [-0.25, -0.2) is 4.98 Å². The van der Waals surface area contributed by atoms with Gasteiger partial charge in [-0.3, -0.25) is 4.79 Å². The Morgan fingerprint density at radius 2 is 1.97 bits per heavy atom. The van der Waals surface area contributed by atoms with E-state index in [1.54, 1.807) is 26.1 Å². The zero-order valence-corrected chi connectivity index (χ0v) is 20.1. The van der Waals surface area contributed by atoms with Gasteiger partial charge in [0.1, 0.15) is 11.9 Å². The van der Waals surface area contributed by atoms with E-state index >= 15 is 0 Å². The molecule has 9 heteroatoms. The number of nitrogens with zero attached hydrogens (tertiary/aromatic N) is 4. The smallest absolute Gasteiger partial charge is 0.257 e. The van der Waals surface area contributed by atoms with Crippen LogP contribution in [0.3, 0.4) is 0 Å². The molecule has 1 fully saturated rings. The molecule has 1 aliphatic heterocycles. The number of morpholine rings is 1. The fourth-order valence-electron chi connectivity index (χ4n) is 3.53. The maximum atomic E-state index is 12.8. The van der Waals surface area contributed by atoms with E-state index in [-0.39, 0.29) is 11.3 Å². The number of hydrogen-bond acceptors (Lipinski definition) is 8. The van der Waals surface area contributed by atoms with Gasteiger partial charge in [-0.15, -0.1) is 0 Å². The molecule has 2 aromatic rings. The lowest BCUT2D eigenvalue weighted by atomic mass is 9.90. The Morgan fingerprint density at radius 3 is 2.60 bits per heavy atom. The van der Waals surface area contributed by atoms with Gasteiger partial charge in [0.2, 0.25) is 0 Å². The Morgan fingerprint density at radius 1 is 1.26 bits per heavy atom. The van der Waals surface area contributed by atoms with E-state index in [0.29, 0.717) is 43.4 Å². The number of ether oxygens (including phenoxy) is 1. The Bertz CT molecular complexity index is 1260. The summed E-state index contributed by atoms with van der Waals surface area (Å²) in [5.41, 5.74) is 14.7. The summed E-state index contributed by atoms with van der Waals surface area (Å²) in [5.74, 6) is 0.182. The van der Waals surface area contributed by atoms with E-state index in [1.807, 2.05) is 30.0 Å². The highest BCUT2D eigenvalue weighted by Crippen LogP contribution is 2.30. The summed E-state index contributed by atoms with van der Waals surface area (Å²) in [6.07, 6.45) is 4.29. The summed E-state index contributed by atoms with van der Waals surface area (Å²) >= 11 is 0. The monoisotopic (exact) mass is 471 g/mol. The Balaban J connectivity index is 1.88. The van der Waals surface area contributed by atoms with Gasteiger partial charge >= 0.3 is 0 Å². The number of nitriles is 2. The standard InChI is InChI=1S/C26H29N7O2/c1-17-4-5-21(32-25(34)19(14-28)11-23(30)26(2,3)16-29)12-22(17)20-10-18(13-27)24(31-15-20)33-6-8-35-9-7-33/h4-5,10-12,14-15H,6-9,28,30H2,1-3H3,(H,32,34)/b19-14+,23-11-. The molecule has 9 nitrogen and oxygen atoms in total. The van der Waals surface area contributed by atoms with Gasteiger partial charge in [0, 0.05) is 42.4 Å². The average Bonchev–Trinajstić information content (AvgIpc) is 2.88. The van der Waals surface area contributed by atoms with Crippen LogP contribution in [0.4, 0.5) is 11.5 Å². The second-order valence-electron chi connectivity index (χ2n) is 8.75. The van der Waals surface area contributed by atoms with Gasteiger partial charge in [0.05, 0.1) is 35.8 Å². The molecule has 0 radical (unpaired) electrons. The molecular formula is C26H29N7O2. The molecule has 0 aliphatic carbocycles. The van der Waals surface area contributed by atoms with E-state index < -0.39 is 11.3 Å². The van der Waals surface area contributed by atoms with Crippen LogP contribution in [0, 0.1) is 35.0 Å². The number of allylic oxidation sites excluding steroid dienone is 1. The Hall–Kier alpha value is -4.34. The number of nitrogens with two attached hydrogens (primary N) is 2. The fourth-order valence-corrected chi connectivity index (χ4v) is 3.53. The van der Waals surface area contributed by atoms with Gasteiger partial charge in [0.25, 0.3) is 5.91 Å². The van der Waals surface area contributed by atoms with Gasteiger partial charge in [0.15, 0.2) is 0 Å². The van der Waals surface area contributed by atoms with Crippen LogP contribution in [0.5, 0.6) is 0 Å². The molecule has 35 heavy (non-hydrogen) atoms. The summed E-state index contributed by atoms with van der Waals surface area (Å²) in [6.45, 7) is 7.83. The van der Waals surface area contributed by atoms with Crippen molar-refractivity contribution in [3.05, 3.63) is 65.1 Å². The van der Waals surface area contributed by atoms with Gasteiger partial charge in [-0.05, 0) is 56.2 Å². The summed E-state index contributed by atoms with van der Waals surface area (Å²) in [4.78, 5) is 19.5. The fraction of sp³-hybridized carbons (Fsp3) is 0.308. The summed E-state index contributed by atoms with van der Waals surface area (Å²) in [5, 5.41) is 21.8. The number of pyridine rings is 1. The number of nitrogens with one attached hydrogen (secondary N) is 1. The maximum Gasteiger partial charge on any atom is 0.257 e. The molecule has 1 aromatic heterocycles. The number of carbonyl (C=O) groups excluding carboxylic acids is 1. The van der Waals surface area contributed by atoms with Crippen molar-refractivity contribution in [2.24, 2.45) is 16.9 Å². The lowest BCUT2D eigenvalue weighted by Gasteiger charge is -2.28. The first-order valence-electron chi connectivity index (χ1n) is 11.2. The molecule has 180 valence electrons. The lowest BCUT2D eigenvalue weighted by molar-refractivity contribution is -0.112. The minimum absolute atomic E-state index is 0.135. The van der Waals surface area contributed by atoms with Crippen molar-refractivity contribution in [2.45, 2.75) is 20.8 Å². The molecule has 2 heterocycles. The quantitative estimate of drug-likeness (QED) is 0.429. The second kappa shape index (κ2) is 10.7. The van der Waals surface area contributed by atoms with Crippen molar-refractivity contribution >= 4 is 17.4 Å². The third kappa shape index (κ3) is 5.78. The van der Waals surface area contributed by atoms with Crippen LogP contribution in [0.2, 0.25) is 0 Å². The summed E-state index contributed by atoms with van der Waals surface area (Å²) < 4.78 is 5.39. The molecule has 3 rings (SSSR count). The number of aromatic nitrogens is 1. The normalized spacial score (nSPS) is 14.7. The van der Waals surface area contributed by atoms with Gasteiger partial charge < -0.3 is 26.4 Å². The highest BCUT2D eigenvalue weighted by Gasteiger charge is 2.22. The topological polar surface area (TPSA) is 154 Å². The van der Waals surface area contributed by atoms with Gasteiger partial charge in [-0.1, -0.05) is 6.07 Å². The predicted octanol–water partition coefficient (Wildman–Crippen LogP) is 2.94. The number of anilines is 2. The van der Waals surface area contributed by atoms with Crippen LogP contribution >= 0.6 is 0 Å². The molecule has 0 atom stereocenters. The van der Waals surface area contributed by atoms with Crippen molar-refractivity contribution < 1.29 is 9.53 Å². The minimum atomic E-state index is -0.940. The van der Waals surface area contributed by atoms with Crippen LogP contribution in [-0.2, 0) is 9.53 Å². The van der Waals surface area contributed by atoms with Crippen LogP contribution in [0.15, 0.2) is 54.0 Å². The first-order valence-corrected chi connectivity index (χ1v) is 11.2. The molecule has 0 bridgehead atoms. The Labute approximate surface area is 205 Å². The lowest BCUT2D eigenvalue weighted by Crippen LogP contribution is -2.37. The van der Waals surface area contributed by atoms with E-state index in [1.165, 1.54) is 6.08 Å². The van der Waals surface area contributed by atoms with Crippen molar-refractivity contribution in [1.29, 1.82) is 10.5 Å². The number of aryl methyl sites for hydroxylation is 1. The van der Waals surface area contributed by atoms with Crippen molar-refractivity contribution in [3.63, 3.8) is 0 Å².